The minimum absolute atomic E-state index is 0.197. The molecule has 1 heterocycles. The highest BCUT2D eigenvalue weighted by Crippen LogP contribution is 2.14. The smallest absolute Gasteiger partial charge is 0.251 e. The van der Waals surface area contributed by atoms with E-state index in [0.717, 1.165) is 5.56 Å². The fourth-order valence-corrected chi connectivity index (χ4v) is 2.52. The van der Waals surface area contributed by atoms with Gasteiger partial charge in [-0.05, 0) is 39.7 Å². The highest BCUT2D eigenvalue weighted by atomic mass is 79.9. The molecule has 0 saturated heterocycles. The molecule has 8 heteroatoms. The van der Waals surface area contributed by atoms with Crippen LogP contribution in [0.3, 0.4) is 0 Å². The van der Waals surface area contributed by atoms with Crippen molar-refractivity contribution in [3.05, 3.63) is 64.4 Å². The number of pyridine rings is 1. The molecule has 130 valence electrons. The van der Waals surface area contributed by atoms with Gasteiger partial charge in [-0.15, -0.1) is 0 Å². The quantitative estimate of drug-likeness (QED) is 0.591. The van der Waals surface area contributed by atoms with Crippen LogP contribution in [0.5, 0.6) is 0 Å². The number of benzene rings is 1. The van der Waals surface area contributed by atoms with Crippen molar-refractivity contribution < 1.29 is 14.4 Å². The number of nitrogens with one attached hydrogen (secondary N) is 2. The lowest BCUT2D eigenvalue weighted by molar-refractivity contribution is -0.126. The Labute approximate surface area is 153 Å². The SMILES string of the molecule is NC(=O)[C@@H](Cc1cccnc1Br)NC(=O)CNC(=O)c1ccccc1. The van der Waals surface area contributed by atoms with Gasteiger partial charge in [0.05, 0.1) is 6.54 Å². The predicted molar refractivity (Wildman–Crippen MR) is 95.5 cm³/mol. The zero-order valence-electron chi connectivity index (χ0n) is 13.2. The van der Waals surface area contributed by atoms with Crippen molar-refractivity contribution in [2.45, 2.75) is 12.5 Å². The summed E-state index contributed by atoms with van der Waals surface area (Å²) in [5.74, 6) is -1.55. The van der Waals surface area contributed by atoms with E-state index in [-0.39, 0.29) is 18.9 Å². The van der Waals surface area contributed by atoms with Crippen LogP contribution in [0.25, 0.3) is 0 Å². The van der Waals surface area contributed by atoms with Crippen molar-refractivity contribution in [2.75, 3.05) is 6.54 Å². The summed E-state index contributed by atoms with van der Waals surface area (Å²) >= 11 is 3.28. The van der Waals surface area contributed by atoms with Crippen molar-refractivity contribution in [2.24, 2.45) is 5.73 Å². The number of hydrogen-bond donors (Lipinski definition) is 3. The summed E-state index contributed by atoms with van der Waals surface area (Å²) in [6.07, 6.45) is 1.80. The molecule has 3 amide bonds. The van der Waals surface area contributed by atoms with Crippen LogP contribution in [-0.2, 0) is 16.0 Å². The van der Waals surface area contributed by atoms with E-state index >= 15 is 0 Å². The summed E-state index contributed by atoms with van der Waals surface area (Å²) in [6, 6.07) is 11.1. The number of hydrogen-bond acceptors (Lipinski definition) is 4. The monoisotopic (exact) mass is 404 g/mol. The van der Waals surface area contributed by atoms with Gasteiger partial charge in [-0.3, -0.25) is 14.4 Å². The van der Waals surface area contributed by atoms with Crippen LogP contribution in [0.2, 0.25) is 0 Å². The minimum atomic E-state index is -0.901. The van der Waals surface area contributed by atoms with Gasteiger partial charge in [0.15, 0.2) is 0 Å². The number of halogens is 1. The average Bonchev–Trinajstić information content (AvgIpc) is 2.61. The molecule has 7 nitrogen and oxygen atoms in total. The molecule has 2 rings (SSSR count). The first-order chi connectivity index (χ1) is 12.0. The predicted octanol–water partition coefficient (Wildman–Crippen LogP) is 0.787. The van der Waals surface area contributed by atoms with E-state index in [1.54, 1.807) is 48.7 Å². The van der Waals surface area contributed by atoms with Crippen LogP contribution in [0, 0.1) is 0 Å². The molecule has 1 aromatic carbocycles. The van der Waals surface area contributed by atoms with E-state index in [1.165, 1.54) is 0 Å². The normalized spacial score (nSPS) is 11.4. The molecule has 25 heavy (non-hydrogen) atoms. The van der Waals surface area contributed by atoms with Crippen LogP contribution in [0.1, 0.15) is 15.9 Å². The molecule has 0 unspecified atom stereocenters. The molecular weight excluding hydrogens is 388 g/mol. The fourth-order valence-electron chi connectivity index (χ4n) is 2.11. The van der Waals surface area contributed by atoms with Crippen LogP contribution in [0.15, 0.2) is 53.3 Å². The second-order valence-electron chi connectivity index (χ2n) is 5.23. The number of aromatic nitrogens is 1. The molecule has 4 N–H and O–H groups in total. The van der Waals surface area contributed by atoms with Crippen LogP contribution >= 0.6 is 15.9 Å². The summed E-state index contributed by atoms with van der Waals surface area (Å²) in [5, 5.41) is 5.02. The van der Waals surface area contributed by atoms with Crippen molar-refractivity contribution in [1.29, 1.82) is 0 Å². The first-order valence-electron chi connectivity index (χ1n) is 7.48. The lowest BCUT2D eigenvalue weighted by atomic mass is 10.1. The molecule has 1 aromatic heterocycles. The highest BCUT2D eigenvalue weighted by molar-refractivity contribution is 9.10. The molecule has 0 aliphatic carbocycles. The molecular formula is C17H17BrN4O3. The van der Waals surface area contributed by atoms with Crippen molar-refractivity contribution in [3.8, 4) is 0 Å². The molecule has 0 fully saturated rings. The molecule has 2 aromatic rings. The van der Waals surface area contributed by atoms with E-state index in [4.69, 9.17) is 5.73 Å². The van der Waals surface area contributed by atoms with Crippen LogP contribution in [-0.4, -0.2) is 35.3 Å². The topological polar surface area (TPSA) is 114 Å². The molecule has 0 aliphatic heterocycles. The maximum Gasteiger partial charge on any atom is 0.251 e. The lowest BCUT2D eigenvalue weighted by Crippen LogP contribution is -2.49. The van der Waals surface area contributed by atoms with Gasteiger partial charge in [0.1, 0.15) is 10.6 Å². The summed E-state index contributed by atoms with van der Waals surface area (Å²) in [5.41, 5.74) is 6.53. The second kappa shape index (κ2) is 8.93. The molecule has 0 spiro atoms. The molecule has 0 bridgehead atoms. The summed E-state index contributed by atoms with van der Waals surface area (Å²) in [7, 11) is 0. The Hall–Kier alpha value is -2.74. The maximum atomic E-state index is 12.0. The van der Waals surface area contributed by atoms with E-state index < -0.39 is 17.9 Å². The standard InChI is InChI=1S/C17H17BrN4O3/c18-15-12(7-4-8-20-15)9-13(16(19)24)22-14(23)10-21-17(25)11-5-2-1-3-6-11/h1-8,13H,9-10H2,(H2,19,24)(H,21,25)(H,22,23)/t13-/m1/s1. The lowest BCUT2D eigenvalue weighted by Gasteiger charge is -2.16. The van der Waals surface area contributed by atoms with Gasteiger partial charge < -0.3 is 16.4 Å². The Morgan fingerprint density at radius 2 is 1.84 bits per heavy atom. The van der Waals surface area contributed by atoms with E-state index in [1.807, 2.05) is 0 Å². The second-order valence-corrected chi connectivity index (χ2v) is 5.98. The summed E-state index contributed by atoms with van der Waals surface area (Å²) in [4.78, 5) is 39.6. The third-order valence-electron chi connectivity index (χ3n) is 3.38. The maximum absolute atomic E-state index is 12.0. The number of nitrogens with two attached hydrogens (primary N) is 1. The third-order valence-corrected chi connectivity index (χ3v) is 4.10. The van der Waals surface area contributed by atoms with E-state index in [0.29, 0.717) is 10.2 Å². The van der Waals surface area contributed by atoms with Gasteiger partial charge in [-0.25, -0.2) is 4.98 Å². The number of carbonyl (C=O) groups excluding carboxylic acids is 3. The Morgan fingerprint density at radius 3 is 2.48 bits per heavy atom. The Morgan fingerprint density at radius 1 is 1.12 bits per heavy atom. The van der Waals surface area contributed by atoms with Gasteiger partial charge in [0.25, 0.3) is 5.91 Å². The summed E-state index contributed by atoms with van der Waals surface area (Å²) in [6.45, 7) is -0.258. The first-order valence-corrected chi connectivity index (χ1v) is 8.28. The first kappa shape index (κ1) is 18.6. The molecule has 1 atom stereocenters. The Kier molecular flexibility index (Phi) is 6.64. The van der Waals surface area contributed by atoms with E-state index in [2.05, 4.69) is 31.5 Å². The zero-order valence-corrected chi connectivity index (χ0v) is 14.8. The van der Waals surface area contributed by atoms with Gasteiger partial charge in [-0.1, -0.05) is 24.3 Å². The van der Waals surface area contributed by atoms with E-state index in [9.17, 15) is 14.4 Å². The van der Waals surface area contributed by atoms with Gasteiger partial charge in [-0.2, -0.15) is 0 Å². The third kappa shape index (κ3) is 5.68. The largest absolute Gasteiger partial charge is 0.368 e. The number of rotatable bonds is 7. The Bertz CT molecular complexity index is 767. The summed E-state index contributed by atoms with van der Waals surface area (Å²) < 4.78 is 0.577. The highest BCUT2D eigenvalue weighted by Gasteiger charge is 2.20. The number of nitrogens with zero attached hydrogens (tertiary/aromatic N) is 1. The molecule has 0 aliphatic rings. The fraction of sp³-hybridized carbons (Fsp3) is 0.176. The van der Waals surface area contributed by atoms with Crippen LogP contribution in [0.4, 0.5) is 0 Å². The zero-order chi connectivity index (χ0) is 18.2. The van der Waals surface area contributed by atoms with Crippen LogP contribution < -0.4 is 16.4 Å². The molecule has 0 radical (unpaired) electrons. The van der Waals surface area contributed by atoms with Crippen molar-refractivity contribution in [1.82, 2.24) is 15.6 Å². The number of carbonyl (C=O) groups is 3. The van der Waals surface area contributed by atoms with Gasteiger partial charge in [0, 0.05) is 18.2 Å². The number of amides is 3. The number of primary amides is 1. The minimum Gasteiger partial charge on any atom is -0.368 e. The average molecular weight is 405 g/mol. The Balaban J connectivity index is 1.91. The van der Waals surface area contributed by atoms with Gasteiger partial charge >= 0.3 is 0 Å². The van der Waals surface area contributed by atoms with Crippen molar-refractivity contribution >= 4 is 33.7 Å². The molecule has 0 saturated carbocycles. The van der Waals surface area contributed by atoms with Crippen molar-refractivity contribution in [3.63, 3.8) is 0 Å². The van der Waals surface area contributed by atoms with Gasteiger partial charge in [0.2, 0.25) is 11.8 Å².